The quantitative estimate of drug-likeness (QED) is 0.775. The molecule has 0 aromatic carbocycles. The Balaban J connectivity index is 1.92. The predicted molar refractivity (Wildman–Crippen MR) is 62.0 cm³/mol. The van der Waals surface area contributed by atoms with Gasteiger partial charge in [-0.15, -0.1) is 0 Å². The Hall–Kier alpha value is -1.24. The molecule has 0 unspecified atom stereocenters. The molecule has 1 aliphatic rings. The monoisotopic (exact) mass is 260 g/mol. The summed E-state index contributed by atoms with van der Waals surface area (Å²) in [4.78, 5) is 3.56. The van der Waals surface area contributed by atoms with Crippen molar-refractivity contribution in [1.29, 1.82) is 0 Å². The maximum absolute atomic E-state index is 12.5. The molecule has 1 aromatic rings. The highest BCUT2D eigenvalue weighted by Gasteiger charge is 2.26. The van der Waals surface area contributed by atoms with Gasteiger partial charge in [0.25, 0.3) is 0 Å². The Kier molecular flexibility index (Phi) is 4.11. The van der Waals surface area contributed by atoms with E-state index < -0.39 is 12.4 Å². The summed E-state index contributed by atoms with van der Waals surface area (Å²) in [5.74, 6) is 0.525. The summed E-state index contributed by atoms with van der Waals surface area (Å²) >= 11 is 0. The molecule has 1 fully saturated rings. The van der Waals surface area contributed by atoms with Crippen molar-refractivity contribution in [2.75, 3.05) is 19.8 Å². The number of aromatic nitrogens is 1. The van der Waals surface area contributed by atoms with Crippen LogP contribution in [0.2, 0.25) is 0 Å². The van der Waals surface area contributed by atoms with E-state index in [9.17, 15) is 12.9 Å². The van der Waals surface area contributed by atoms with Crippen molar-refractivity contribution in [1.82, 2.24) is 4.98 Å². The third-order valence-electron chi connectivity index (χ3n) is 2.94. The van der Waals surface area contributed by atoms with E-state index in [0.29, 0.717) is 25.7 Å². The molecule has 100 valence electrons. The highest BCUT2D eigenvalue weighted by Crippen LogP contribution is 2.18. The number of pyridine rings is 1. The van der Waals surface area contributed by atoms with Crippen molar-refractivity contribution < 1.29 is 22.4 Å². The van der Waals surface area contributed by atoms with E-state index in [-0.39, 0.29) is 5.75 Å². The van der Waals surface area contributed by atoms with Gasteiger partial charge >= 0.3 is 6.98 Å². The molecule has 0 atom stereocenters. The van der Waals surface area contributed by atoms with Gasteiger partial charge in [0.05, 0.1) is 12.8 Å². The molecule has 18 heavy (non-hydrogen) atoms. The normalized spacial score (nSPS) is 17.7. The van der Waals surface area contributed by atoms with Crippen LogP contribution in [-0.4, -0.2) is 31.8 Å². The summed E-state index contributed by atoms with van der Waals surface area (Å²) in [7, 11) is 0. The molecule has 1 saturated heterocycles. The van der Waals surface area contributed by atoms with Crippen LogP contribution < -0.4 is 10.2 Å². The molecule has 0 saturated carbocycles. The lowest BCUT2D eigenvalue weighted by molar-refractivity contribution is 0.0497. The van der Waals surface area contributed by atoms with Gasteiger partial charge in [0.15, 0.2) is 0 Å². The number of ether oxygens (including phenoxy) is 2. The van der Waals surface area contributed by atoms with Gasteiger partial charge in [-0.1, -0.05) is 5.46 Å². The van der Waals surface area contributed by atoms with Gasteiger partial charge in [0.1, 0.15) is 5.75 Å². The van der Waals surface area contributed by atoms with Gasteiger partial charge in [-0.3, -0.25) is 4.98 Å². The van der Waals surface area contributed by atoms with Gasteiger partial charge < -0.3 is 22.4 Å². The van der Waals surface area contributed by atoms with E-state index in [1.165, 1.54) is 6.20 Å². The molecular formula is C11H14BF3NO2-. The second-order valence-electron chi connectivity index (χ2n) is 4.40. The summed E-state index contributed by atoms with van der Waals surface area (Å²) in [5, 5.41) is 0. The average Bonchev–Trinajstić information content (AvgIpc) is 2.37. The van der Waals surface area contributed by atoms with Crippen molar-refractivity contribution in [3.8, 4) is 5.75 Å². The second kappa shape index (κ2) is 5.60. The molecule has 0 N–H and O–H groups in total. The Labute approximate surface area is 103 Å². The second-order valence-corrected chi connectivity index (χ2v) is 4.40. The molecule has 2 rings (SSSR count). The molecule has 7 heteroatoms. The van der Waals surface area contributed by atoms with Crippen molar-refractivity contribution in [3.05, 3.63) is 18.5 Å². The van der Waals surface area contributed by atoms with Gasteiger partial charge in [0.2, 0.25) is 0 Å². The lowest BCUT2D eigenvalue weighted by Gasteiger charge is -2.22. The molecule has 0 bridgehead atoms. The number of hydrogen-bond donors (Lipinski definition) is 0. The molecule has 1 aliphatic heterocycles. The zero-order chi connectivity index (χ0) is 13.0. The lowest BCUT2D eigenvalue weighted by Crippen LogP contribution is -2.34. The molecule has 0 spiro atoms. The smallest absolute Gasteiger partial charge is 0.492 e. The van der Waals surface area contributed by atoms with E-state index >= 15 is 0 Å². The van der Waals surface area contributed by atoms with Crippen molar-refractivity contribution >= 4 is 12.4 Å². The van der Waals surface area contributed by atoms with Crippen molar-refractivity contribution in [3.63, 3.8) is 0 Å². The minimum atomic E-state index is -5.02. The average molecular weight is 260 g/mol. The first kappa shape index (κ1) is 13.2. The Bertz CT molecular complexity index is 394. The number of nitrogens with zero attached hydrogens (tertiary/aromatic N) is 1. The highest BCUT2D eigenvalue weighted by atomic mass is 19.4. The maximum Gasteiger partial charge on any atom is 0.511 e. The molecule has 2 heterocycles. The van der Waals surface area contributed by atoms with Gasteiger partial charge in [-0.25, -0.2) is 0 Å². The standard InChI is InChI=1S/C11H14BF3NO2/c13-12(14,15)10-5-11(7-16-6-10)18-8-9-1-3-17-4-2-9/h5-7,9H,1-4,8H2/q-1. The van der Waals surface area contributed by atoms with Gasteiger partial charge in [-0.2, -0.15) is 0 Å². The van der Waals surface area contributed by atoms with Crippen molar-refractivity contribution in [2.24, 2.45) is 5.92 Å². The van der Waals surface area contributed by atoms with Crippen molar-refractivity contribution in [2.45, 2.75) is 12.8 Å². The summed E-state index contributed by atoms with van der Waals surface area (Å²) in [5.41, 5.74) is -0.723. The maximum atomic E-state index is 12.5. The fourth-order valence-corrected chi connectivity index (χ4v) is 1.82. The molecule has 0 radical (unpaired) electrons. The Morgan fingerprint density at radius 2 is 2.00 bits per heavy atom. The predicted octanol–water partition coefficient (Wildman–Crippen LogP) is 1.94. The zero-order valence-electron chi connectivity index (χ0n) is 9.82. The largest absolute Gasteiger partial charge is 0.511 e. The summed E-state index contributed by atoms with van der Waals surface area (Å²) in [6.45, 7) is -3.22. The lowest BCUT2D eigenvalue weighted by atomic mass is 9.81. The third kappa shape index (κ3) is 3.63. The molecular weight excluding hydrogens is 246 g/mol. The van der Waals surface area contributed by atoms with Gasteiger partial charge in [0, 0.05) is 19.4 Å². The van der Waals surface area contributed by atoms with E-state index in [2.05, 4.69) is 4.98 Å². The van der Waals surface area contributed by atoms with E-state index in [1.807, 2.05) is 0 Å². The molecule has 0 amide bonds. The van der Waals surface area contributed by atoms with Crippen LogP contribution in [0, 0.1) is 5.92 Å². The van der Waals surface area contributed by atoms with Crippen LogP contribution in [0.5, 0.6) is 5.75 Å². The van der Waals surface area contributed by atoms with Crippen LogP contribution >= 0.6 is 0 Å². The SMILES string of the molecule is F[B-](F)(F)c1cncc(OCC2CCOCC2)c1. The molecule has 1 aromatic heterocycles. The van der Waals surface area contributed by atoms with Crippen LogP contribution in [0.4, 0.5) is 12.9 Å². The number of halogens is 3. The van der Waals surface area contributed by atoms with E-state index in [4.69, 9.17) is 9.47 Å². The number of rotatable bonds is 4. The summed E-state index contributed by atoms with van der Waals surface area (Å²) < 4.78 is 48.1. The first-order valence-electron chi connectivity index (χ1n) is 5.91. The van der Waals surface area contributed by atoms with Crippen LogP contribution in [0.25, 0.3) is 0 Å². The van der Waals surface area contributed by atoms with Crippen LogP contribution in [-0.2, 0) is 4.74 Å². The minimum absolute atomic E-state index is 0.179. The van der Waals surface area contributed by atoms with E-state index in [1.54, 1.807) is 0 Å². The molecule has 3 nitrogen and oxygen atoms in total. The summed E-state index contributed by atoms with van der Waals surface area (Å²) in [6.07, 6.45) is 3.90. The first-order chi connectivity index (χ1) is 8.55. The van der Waals surface area contributed by atoms with Crippen LogP contribution in [0.15, 0.2) is 18.5 Å². The fourth-order valence-electron chi connectivity index (χ4n) is 1.82. The summed E-state index contributed by atoms with van der Waals surface area (Å²) in [6, 6.07) is 1.01. The molecule has 0 aliphatic carbocycles. The third-order valence-corrected chi connectivity index (χ3v) is 2.94. The van der Waals surface area contributed by atoms with Crippen LogP contribution in [0.3, 0.4) is 0 Å². The van der Waals surface area contributed by atoms with Crippen LogP contribution in [0.1, 0.15) is 12.8 Å². The minimum Gasteiger partial charge on any atom is -0.492 e. The first-order valence-corrected chi connectivity index (χ1v) is 5.91. The van der Waals surface area contributed by atoms with E-state index in [0.717, 1.165) is 25.1 Å². The zero-order valence-corrected chi connectivity index (χ0v) is 9.82. The fraction of sp³-hybridized carbons (Fsp3) is 0.545. The number of hydrogen-bond acceptors (Lipinski definition) is 3. The highest BCUT2D eigenvalue weighted by molar-refractivity contribution is 6.73. The Morgan fingerprint density at radius 1 is 1.28 bits per heavy atom. The topological polar surface area (TPSA) is 31.4 Å². The van der Waals surface area contributed by atoms with Gasteiger partial charge in [-0.05, 0) is 24.8 Å². The Morgan fingerprint density at radius 3 is 2.67 bits per heavy atom.